The maximum atomic E-state index is 7.50. The van der Waals surface area contributed by atoms with Gasteiger partial charge in [-0.25, -0.2) is 4.98 Å². The van der Waals surface area contributed by atoms with Crippen molar-refractivity contribution >= 4 is 34.8 Å². The number of hydrogen-bond donors (Lipinski definition) is 2. The lowest BCUT2D eigenvalue weighted by atomic mass is 10.0. The number of nitrogens with zero attached hydrogens (tertiary/aromatic N) is 1. The molecule has 0 amide bonds. The Hall–Kier alpha value is -2.33. The normalized spacial score (nSPS) is 13.5. The first-order chi connectivity index (χ1) is 11.1. The summed E-state index contributed by atoms with van der Waals surface area (Å²) in [5, 5.41) is 11.3. The highest BCUT2D eigenvalue weighted by Gasteiger charge is 2.27. The molecule has 2 aromatic rings. The average molecular weight is 328 g/mol. The Kier molecular flexibility index (Phi) is 4.35. The quantitative estimate of drug-likeness (QED) is 0.585. The van der Waals surface area contributed by atoms with Gasteiger partial charge in [-0.05, 0) is 42.5 Å². The van der Waals surface area contributed by atoms with Crippen molar-refractivity contribution < 1.29 is 4.74 Å². The van der Waals surface area contributed by atoms with Crippen molar-refractivity contribution in [2.45, 2.75) is 12.8 Å². The van der Waals surface area contributed by atoms with Crippen LogP contribution in [0.15, 0.2) is 37.0 Å². The van der Waals surface area contributed by atoms with E-state index in [1.807, 2.05) is 18.2 Å². The summed E-state index contributed by atoms with van der Waals surface area (Å²) in [6.07, 6.45) is 5.38. The first-order valence-electron chi connectivity index (χ1n) is 7.43. The smallest absolute Gasteiger partial charge is 0.151 e. The monoisotopic (exact) mass is 327 g/mol. The van der Waals surface area contributed by atoms with E-state index in [9.17, 15) is 0 Å². The molecule has 23 heavy (non-hydrogen) atoms. The molecular weight excluding hydrogens is 310 g/mol. The molecule has 1 aliphatic rings. The van der Waals surface area contributed by atoms with Gasteiger partial charge >= 0.3 is 0 Å². The molecule has 0 unspecified atom stereocenters. The van der Waals surface area contributed by atoms with Crippen LogP contribution < -0.4 is 10.1 Å². The van der Waals surface area contributed by atoms with Crippen LogP contribution in [0.2, 0.25) is 5.15 Å². The molecule has 4 nitrogen and oxygen atoms in total. The Balaban J connectivity index is 2.01. The van der Waals surface area contributed by atoms with Crippen molar-refractivity contribution in [2.75, 3.05) is 12.4 Å². The minimum atomic E-state index is 0.419. The van der Waals surface area contributed by atoms with Crippen molar-refractivity contribution in [3.8, 4) is 5.75 Å². The number of ether oxygens (including phenoxy) is 1. The molecule has 1 fully saturated rings. The Labute approximate surface area is 140 Å². The van der Waals surface area contributed by atoms with E-state index < -0.39 is 0 Å². The molecule has 2 N–H and O–H groups in total. The Morgan fingerprint density at radius 3 is 2.87 bits per heavy atom. The van der Waals surface area contributed by atoms with Gasteiger partial charge in [0.2, 0.25) is 0 Å². The number of halogens is 1. The second-order valence-corrected chi connectivity index (χ2v) is 5.94. The molecule has 0 radical (unpaired) electrons. The van der Waals surface area contributed by atoms with E-state index in [-0.39, 0.29) is 0 Å². The lowest BCUT2D eigenvalue weighted by molar-refractivity contribution is 0.416. The molecule has 1 aromatic heterocycles. The summed E-state index contributed by atoms with van der Waals surface area (Å²) in [4.78, 5) is 4.19. The minimum Gasteiger partial charge on any atom is -0.494 e. The van der Waals surface area contributed by atoms with E-state index in [0.717, 1.165) is 22.5 Å². The zero-order valence-electron chi connectivity index (χ0n) is 12.9. The van der Waals surface area contributed by atoms with E-state index in [2.05, 4.69) is 16.9 Å². The van der Waals surface area contributed by atoms with Gasteiger partial charge < -0.3 is 15.5 Å². The molecular formula is C18H18ClN3O. The van der Waals surface area contributed by atoms with Gasteiger partial charge in [0.15, 0.2) is 5.75 Å². The van der Waals surface area contributed by atoms with Crippen LogP contribution in [-0.2, 0) is 0 Å². The molecule has 1 aromatic carbocycles. The predicted octanol–water partition coefficient (Wildman–Crippen LogP) is 4.91. The number of nitrogens with one attached hydrogen (secondary N) is 2. The van der Waals surface area contributed by atoms with Crippen LogP contribution in [0, 0.1) is 11.3 Å². The SMILES string of the molecule is C=C(c1cnc(Cl)cc1Nc1cccc(C=N)c1OC)C1CC1. The number of allylic oxidation sites excluding steroid dienone is 1. The molecule has 5 heteroatoms. The summed E-state index contributed by atoms with van der Waals surface area (Å²) in [5.74, 6) is 1.16. The number of benzene rings is 1. The zero-order valence-corrected chi connectivity index (χ0v) is 13.7. The molecule has 0 spiro atoms. The van der Waals surface area contributed by atoms with Crippen LogP contribution in [0.5, 0.6) is 5.75 Å². The van der Waals surface area contributed by atoms with Gasteiger partial charge in [0.1, 0.15) is 5.15 Å². The summed E-state index contributed by atoms with van der Waals surface area (Å²) in [6.45, 7) is 4.20. The average Bonchev–Trinajstić information content (AvgIpc) is 3.39. The van der Waals surface area contributed by atoms with Gasteiger partial charge in [0.05, 0.1) is 18.5 Å². The number of aromatic nitrogens is 1. The van der Waals surface area contributed by atoms with Crippen LogP contribution in [0.4, 0.5) is 11.4 Å². The fourth-order valence-corrected chi connectivity index (χ4v) is 2.74. The summed E-state index contributed by atoms with van der Waals surface area (Å²) in [6, 6.07) is 7.41. The van der Waals surface area contributed by atoms with Crippen LogP contribution >= 0.6 is 11.6 Å². The van der Waals surface area contributed by atoms with E-state index in [1.165, 1.54) is 19.1 Å². The molecule has 3 rings (SSSR count). The molecule has 0 atom stereocenters. The number of hydrogen-bond acceptors (Lipinski definition) is 4. The highest BCUT2D eigenvalue weighted by atomic mass is 35.5. The fourth-order valence-electron chi connectivity index (χ4n) is 2.58. The van der Waals surface area contributed by atoms with Crippen molar-refractivity contribution in [3.63, 3.8) is 0 Å². The number of pyridine rings is 1. The third kappa shape index (κ3) is 3.22. The summed E-state index contributed by atoms with van der Waals surface area (Å²) in [5.41, 5.74) is 4.39. The lowest BCUT2D eigenvalue weighted by Gasteiger charge is -2.17. The van der Waals surface area contributed by atoms with Crippen molar-refractivity contribution in [1.29, 1.82) is 5.41 Å². The Morgan fingerprint density at radius 2 is 2.22 bits per heavy atom. The molecule has 1 heterocycles. The van der Waals surface area contributed by atoms with Gasteiger partial charge in [0, 0.05) is 23.5 Å². The van der Waals surface area contributed by atoms with Gasteiger partial charge in [-0.1, -0.05) is 24.2 Å². The van der Waals surface area contributed by atoms with E-state index >= 15 is 0 Å². The Bertz CT molecular complexity index is 769. The van der Waals surface area contributed by atoms with E-state index in [1.54, 1.807) is 19.4 Å². The van der Waals surface area contributed by atoms with Crippen molar-refractivity contribution in [1.82, 2.24) is 4.98 Å². The van der Waals surface area contributed by atoms with Crippen molar-refractivity contribution in [3.05, 3.63) is 53.3 Å². The summed E-state index contributed by atoms with van der Waals surface area (Å²) < 4.78 is 5.45. The standard InChI is InChI=1S/C18H18ClN3O/c1-11(12-6-7-12)14-10-21-17(19)8-16(14)22-15-5-3-4-13(9-20)18(15)23-2/h3-5,8-10,12,20H,1,6-7H2,2H3,(H,21,22). The third-order valence-electron chi connectivity index (χ3n) is 3.96. The first kappa shape index (κ1) is 15.6. The number of rotatable bonds is 6. The molecule has 0 bridgehead atoms. The highest BCUT2D eigenvalue weighted by Crippen LogP contribution is 2.44. The van der Waals surface area contributed by atoms with Gasteiger partial charge in [-0.15, -0.1) is 0 Å². The van der Waals surface area contributed by atoms with Crippen LogP contribution in [0.1, 0.15) is 24.0 Å². The first-order valence-corrected chi connectivity index (χ1v) is 7.81. The number of methoxy groups -OCH3 is 1. The number of para-hydroxylation sites is 1. The predicted molar refractivity (Wildman–Crippen MR) is 95.2 cm³/mol. The summed E-state index contributed by atoms with van der Waals surface area (Å²) in [7, 11) is 1.59. The topological polar surface area (TPSA) is 58.0 Å². The largest absolute Gasteiger partial charge is 0.494 e. The van der Waals surface area contributed by atoms with Gasteiger partial charge in [-0.3, -0.25) is 0 Å². The minimum absolute atomic E-state index is 0.419. The van der Waals surface area contributed by atoms with E-state index in [4.69, 9.17) is 21.7 Å². The maximum absolute atomic E-state index is 7.50. The van der Waals surface area contributed by atoms with Gasteiger partial charge in [-0.2, -0.15) is 0 Å². The summed E-state index contributed by atoms with van der Waals surface area (Å²) >= 11 is 6.07. The maximum Gasteiger partial charge on any atom is 0.151 e. The van der Waals surface area contributed by atoms with E-state index in [0.29, 0.717) is 22.4 Å². The van der Waals surface area contributed by atoms with Crippen LogP contribution in [0.25, 0.3) is 5.57 Å². The molecule has 118 valence electrons. The Morgan fingerprint density at radius 1 is 1.43 bits per heavy atom. The molecule has 0 saturated heterocycles. The lowest BCUT2D eigenvalue weighted by Crippen LogP contribution is -2.01. The van der Waals surface area contributed by atoms with Crippen molar-refractivity contribution in [2.24, 2.45) is 5.92 Å². The second-order valence-electron chi connectivity index (χ2n) is 5.55. The van der Waals surface area contributed by atoms with Crippen LogP contribution in [0.3, 0.4) is 0 Å². The fraction of sp³-hybridized carbons (Fsp3) is 0.222. The molecule has 1 aliphatic carbocycles. The third-order valence-corrected chi connectivity index (χ3v) is 4.17. The number of anilines is 2. The highest BCUT2D eigenvalue weighted by molar-refractivity contribution is 6.29. The molecule has 1 saturated carbocycles. The van der Waals surface area contributed by atoms with Gasteiger partial charge in [0.25, 0.3) is 0 Å². The second kappa shape index (κ2) is 6.42. The zero-order chi connectivity index (χ0) is 16.4. The van der Waals surface area contributed by atoms with Crippen LogP contribution in [-0.4, -0.2) is 18.3 Å². The molecule has 0 aliphatic heterocycles.